The van der Waals surface area contributed by atoms with Crippen LogP contribution in [0.1, 0.15) is 32.3 Å². The van der Waals surface area contributed by atoms with Crippen molar-refractivity contribution in [3.05, 3.63) is 33.9 Å². The number of anilines is 1. The molecule has 1 saturated heterocycles. The number of amides is 1. The Bertz CT molecular complexity index is 569. The Morgan fingerprint density at radius 2 is 2.19 bits per heavy atom. The van der Waals surface area contributed by atoms with Crippen molar-refractivity contribution in [2.45, 2.75) is 39.7 Å². The summed E-state index contributed by atoms with van der Waals surface area (Å²) >= 11 is 0. The van der Waals surface area contributed by atoms with Gasteiger partial charge in [0.25, 0.3) is 5.69 Å². The highest BCUT2D eigenvalue weighted by molar-refractivity contribution is 5.96. The van der Waals surface area contributed by atoms with Crippen molar-refractivity contribution in [1.82, 2.24) is 5.32 Å². The topological polar surface area (TPSA) is 84.3 Å². The molecule has 1 unspecified atom stereocenters. The first-order valence-electron chi connectivity index (χ1n) is 7.11. The van der Waals surface area contributed by atoms with Gasteiger partial charge in [0, 0.05) is 6.07 Å². The lowest BCUT2D eigenvalue weighted by Crippen LogP contribution is -2.53. The normalized spacial score (nSPS) is 20.8. The summed E-state index contributed by atoms with van der Waals surface area (Å²) in [5.74, 6) is -0.136. The van der Waals surface area contributed by atoms with Crippen LogP contribution in [0.3, 0.4) is 0 Å². The molecular weight excluding hydrogens is 270 g/mol. The molecule has 2 N–H and O–H groups in total. The van der Waals surface area contributed by atoms with Crippen LogP contribution in [0.2, 0.25) is 0 Å². The number of nitro groups is 1. The van der Waals surface area contributed by atoms with Crippen molar-refractivity contribution < 1.29 is 9.72 Å². The minimum Gasteiger partial charge on any atom is -0.324 e. The molecule has 1 aromatic rings. The van der Waals surface area contributed by atoms with Crippen molar-refractivity contribution in [2.75, 3.05) is 11.9 Å². The molecule has 1 fully saturated rings. The zero-order chi connectivity index (χ0) is 15.6. The smallest absolute Gasteiger partial charge is 0.274 e. The lowest BCUT2D eigenvalue weighted by atomic mass is 9.77. The molecule has 0 spiro atoms. The molecule has 0 bridgehead atoms. The van der Waals surface area contributed by atoms with Crippen molar-refractivity contribution in [3.63, 3.8) is 0 Å². The number of rotatable bonds is 3. The summed E-state index contributed by atoms with van der Waals surface area (Å²) in [6, 6.07) is 4.43. The van der Waals surface area contributed by atoms with E-state index in [-0.39, 0.29) is 23.1 Å². The number of nitrogens with one attached hydrogen (secondary N) is 2. The van der Waals surface area contributed by atoms with Gasteiger partial charge < -0.3 is 10.6 Å². The summed E-state index contributed by atoms with van der Waals surface area (Å²) in [5.41, 5.74) is 0.863. The maximum Gasteiger partial charge on any atom is 0.274 e. The molecule has 1 atom stereocenters. The van der Waals surface area contributed by atoms with Gasteiger partial charge in [-0.25, -0.2) is 0 Å². The summed E-state index contributed by atoms with van der Waals surface area (Å²) < 4.78 is 0. The monoisotopic (exact) mass is 291 g/mol. The Labute approximate surface area is 124 Å². The van der Waals surface area contributed by atoms with Crippen LogP contribution in [-0.4, -0.2) is 23.4 Å². The van der Waals surface area contributed by atoms with Crippen LogP contribution in [0.5, 0.6) is 0 Å². The van der Waals surface area contributed by atoms with Gasteiger partial charge in [-0.2, -0.15) is 0 Å². The van der Waals surface area contributed by atoms with E-state index < -0.39 is 4.92 Å². The lowest BCUT2D eigenvalue weighted by Gasteiger charge is -2.38. The van der Waals surface area contributed by atoms with E-state index in [9.17, 15) is 14.9 Å². The molecule has 6 nitrogen and oxygen atoms in total. The zero-order valence-corrected chi connectivity index (χ0v) is 12.6. The van der Waals surface area contributed by atoms with E-state index in [4.69, 9.17) is 0 Å². The van der Waals surface area contributed by atoms with Crippen LogP contribution in [-0.2, 0) is 4.79 Å². The van der Waals surface area contributed by atoms with Crippen LogP contribution >= 0.6 is 0 Å². The second-order valence-corrected chi connectivity index (χ2v) is 6.18. The average molecular weight is 291 g/mol. The molecule has 2 rings (SSSR count). The molecule has 0 aliphatic carbocycles. The van der Waals surface area contributed by atoms with Crippen molar-refractivity contribution in [3.8, 4) is 0 Å². The van der Waals surface area contributed by atoms with Gasteiger partial charge in [-0.05, 0) is 37.8 Å². The van der Waals surface area contributed by atoms with Gasteiger partial charge in [0.2, 0.25) is 5.91 Å². The number of benzene rings is 1. The molecular formula is C15H21N3O3. The van der Waals surface area contributed by atoms with Crippen LogP contribution in [0, 0.1) is 22.5 Å². The van der Waals surface area contributed by atoms with Gasteiger partial charge >= 0.3 is 0 Å². The maximum absolute atomic E-state index is 12.5. The van der Waals surface area contributed by atoms with E-state index in [1.165, 1.54) is 6.07 Å². The Kier molecular flexibility index (Phi) is 4.27. The summed E-state index contributed by atoms with van der Waals surface area (Å²) in [4.78, 5) is 23.0. The predicted octanol–water partition coefficient (Wildman–Crippen LogP) is 2.62. The highest BCUT2D eigenvalue weighted by atomic mass is 16.6. The molecule has 0 saturated carbocycles. The quantitative estimate of drug-likeness (QED) is 0.662. The van der Waals surface area contributed by atoms with E-state index in [0.29, 0.717) is 11.3 Å². The second-order valence-electron chi connectivity index (χ2n) is 6.18. The molecule has 21 heavy (non-hydrogen) atoms. The Morgan fingerprint density at radius 1 is 1.48 bits per heavy atom. The fourth-order valence-electron chi connectivity index (χ4n) is 2.82. The third kappa shape index (κ3) is 3.21. The minimum atomic E-state index is -0.437. The number of hydrogen-bond donors (Lipinski definition) is 2. The molecule has 0 aromatic heterocycles. The van der Waals surface area contributed by atoms with Crippen molar-refractivity contribution in [1.29, 1.82) is 0 Å². The molecule has 114 valence electrons. The molecule has 6 heteroatoms. The third-order valence-electron chi connectivity index (χ3n) is 4.15. The zero-order valence-electron chi connectivity index (χ0n) is 12.6. The van der Waals surface area contributed by atoms with E-state index >= 15 is 0 Å². The first kappa shape index (κ1) is 15.4. The summed E-state index contributed by atoms with van der Waals surface area (Å²) in [6.07, 6.45) is 2.03. The van der Waals surface area contributed by atoms with E-state index in [2.05, 4.69) is 24.5 Å². The minimum absolute atomic E-state index is 0.0173. The standard InChI is InChI=1S/C15H21N3O3/c1-10-11(6-4-7-12(10)18(20)21)17-14(19)13-15(2,3)8-5-9-16-13/h4,6-7,13,16H,5,8-9H2,1-3H3,(H,17,19). The van der Waals surface area contributed by atoms with Gasteiger partial charge in [-0.15, -0.1) is 0 Å². The highest BCUT2D eigenvalue weighted by Gasteiger charge is 2.37. The average Bonchev–Trinajstić information content (AvgIpc) is 2.40. The number of hydrogen-bond acceptors (Lipinski definition) is 4. The van der Waals surface area contributed by atoms with E-state index in [1.54, 1.807) is 19.1 Å². The first-order valence-corrected chi connectivity index (χ1v) is 7.11. The van der Waals surface area contributed by atoms with Crippen LogP contribution < -0.4 is 10.6 Å². The van der Waals surface area contributed by atoms with Crippen LogP contribution in [0.4, 0.5) is 11.4 Å². The number of piperidine rings is 1. The predicted molar refractivity (Wildman–Crippen MR) is 81.3 cm³/mol. The van der Waals surface area contributed by atoms with Crippen molar-refractivity contribution in [2.24, 2.45) is 5.41 Å². The molecule has 1 heterocycles. The maximum atomic E-state index is 12.5. The third-order valence-corrected chi connectivity index (χ3v) is 4.15. The molecule has 1 amide bonds. The van der Waals surface area contributed by atoms with Gasteiger partial charge in [0.1, 0.15) is 0 Å². The Balaban J connectivity index is 2.20. The lowest BCUT2D eigenvalue weighted by molar-refractivity contribution is -0.385. The Morgan fingerprint density at radius 3 is 2.81 bits per heavy atom. The molecule has 1 aliphatic rings. The van der Waals surface area contributed by atoms with Gasteiger partial charge in [0.15, 0.2) is 0 Å². The fourth-order valence-corrected chi connectivity index (χ4v) is 2.82. The number of nitrogens with zero attached hydrogens (tertiary/aromatic N) is 1. The SMILES string of the molecule is Cc1c(NC(=O)C2NCCCC2(C)C)cccc1[N+](=O)[O-]. The number of carbonyl (C=O) groups is 1. The molecule has 0 radical (unpaired) electrons. The highest BCUT2D eigenvalue weighted by Crippen LogP contribution is 2.31. The summed E-state index contributed by atoms with van der Waals surface area (Å²) in [5, 5.41) is 17.0. The number of nitro benzene ring substituents is 1. The van der Waals surface area contributed by atoms with Gasteiger partial charge in [-0.1, -0.05) is 19.9 Å². The molecule has 1 aromatic carbocycles. The second kappa shape index (κ2) is 5.81. The summed E-state index contributed by atoms with van der Waals surface area (Å²) in [7, 11) is 0. The van der Waals surface area contributed by atoms with Crippen molar-refractivity contribution >= 4 is 17.3 Å². The Hall–Kier alpha value is -1.95. The first-order chi connectivity index (χ1) is 9.83. The van der Waals surface area contributed by atoms with E-state index in [0.717, 1.165) is 19.4 Å². The van der Waals surface area contributed by atoms with Crippen LogP contribution in [0.15, 0.2) is 18.2 Å². The molecule has 1 aliphatic heterocycles. The fraction of sp³-hybridized carbons (Fsp3) is 0.533. The summed E-state index contributed by atoms with van der Waals surface area (Å²) in [6.45, 7) is 6.58. The van der Waals surface area contributed by atoms with Gasteiger partial charge in [-0.3, -0.25) is 14.9 Å². The largest absolute Gasteiger partial charge is 0.324 e. The van der Waals surface area contributed by atoms with Gasteiger partial charge in [0.05, 0.1) is 22.2 Å². The number of carbonyl (C=O) groups excluding carboxylic acids is 1. The van der Waals surface area contributed by atoms with E-state index in [1.807, 2.05) is 0 Å². The van der Waals surface area contributed by atoms with Crippen LogP contribution in [0.25, 0.3) is 0 Å².